The molecule has 0 fully saturated rings. The van der Waals surface area contributed by atoms with Crippen LogP contribution in [-0.4, -0.2) is 42.5 Å². The van der Waals surface area contributed by atoms with Gasteiger partial charge in [0.25, 0.3) is 0 Å². The molecule has 1 unspecified atom stereocenters. The number of alkyl halides is 3. The van der Waals surface area contributed by atoms with Gasteiger partial charge in [-0.05, 0) is 19.3 Å². The Hall–Kier alpha value is -0.820. The van der Waals surface area contributed by atoms with Gasteiger partial charge in [0.05, 0.1) is 6.61 Å². The lowest BCUT2D eigenvalue weighted by Gasteiger charge is -2.28. The van der Waals surface area contributed by atoms with E-state index < -0.39 is 17.7 Å². The first-order valence-electron chi connectivity index (χ1n) is 5.74. The summed E-state index contributed by atoms with van der Waals surface area (Å²) >= 11 is 0. The molecule has 0 aliphatic rings. The van der Waals surface area contributed by atoms with E-state index in [1.165, 1.54) is 0 Å². The minimum Gasteiger partial charge on any atom is -0.480 e. The number of carboxylic acids is 1. The van der Waals surface area contributed by atoms with Crippen molar-refractivity contribution in [1.29, 1.82) is 0 Å². The molecule has 0 heterocycles. The van der Waals surface area contributed by atoms with Crippen LogP contribution in [0.5, 0.6) is 0 Å². The summed E-state index contributed by atoms with van der Waals surface area (Å²) in [6.07, 6.45) is -4.04. The average molecular weight is 271 g/mol. The maximum absolute atomic E-state index is 12.6. The fraction of sp³-hybridized carbons (Fsp3) is 0.909. The second kappa shape index (κ2) is 6.94. The smallest absolute Gasteiger partial charge is 0.417 e. The Morgan fingerprint density at radius 3 is 2.28 bits per heavy atom. The largest absolute Gasteiger partial charge is 0.480 e. The van der Waals surface area contributed by atoms with Gasteiger partial charge in [-0.1, -0.05) is 13.8 Å². The molecule has 2 N–H and O–H groups in total. The van der Waals surface area contributed by atoms with Crippen molar-refractivity contribution in [2.45, 2.75) is 38.9 Å². The summed E-state index contributed by atoms with van der Waals surface area (Å²) in [6, 6.07) is 0. The molecule has 108 valence electrons. The van der Waals surface area contributed by atoms with E-state index in [9.17, 15) is 18.0 Å². The molecule has 1 atom stereocenters. The molecule has 0 saturated heterocycles. The van der Waals surface area contributed by atoms with Crippen molar-refractivity contribution in [3.63, 3.8) is 0 Å². The molecule has 0 rings (SSSR count). The molecule has 7 heteroatoms. The van der Waals surface area contributed by atoms with Crippen LogP contribution in [0.15, 0.2) is 0 Å². The second-order valence-electron chi connectivity index (χ2n) is 4.65. The van der Waals surface area contributed by atoms with Crippen LogP contribution in [0.2, 0.25) is 0 Å². The molecule has 4 nitrogen and oxygen atoms in total. The van der Waals surface area contributed by atoms with Gasteiger partial charge in [-0.25, -0.2) is 4.79 Å². The van der Waals surface area contributed by atoms with Crippen LogP contribution in [0.1, 0.15) is 27.2 Å². The van der Waals surface area contributed by atoms with E-state index in [2.05, 4.69) is 0 Å². The third-order valence-electron chi connectivity index (χ3n) is 2.56. The fourth-order valence-electron chi connectivity index (χ4n) is 1.09. The van der Waals surface area contributed by atoms with E-state index >= 15 is 0 Å². The Morgan fingerprint density at radius 2 is 1.89 bits per heavy atom. The predicted octanol–water partition coefficient (Wildman–Crippen LogP) is 2.04. The lowest BCUT2D eigenvalue weighted by molar-refractivity contribution is -0.206. The van der Waals surface area contributed by atoms with Crippen LogP contribution < -0.4 is 5.32 Å². The van der Waals surface area contributed by atoms with Crippen LogP contribution in [0, 0.1) is 5.92 Å². The summed E-state index contributed by atoms with van der Waals surface area (Å²) in [6.45, 7) is 4.95. The van der Waals surface area contributed by atoms with Gasteiger partial charge in [0.15, 0.2) is 0 Å². The van der Waals surface area contributed by atoms with E-state index in [0.29, 0.717) is 19.4 Å². The Kier molecular flexibility index (Phi) is 6.62. The van der Waals surface area contributed by atoms with Gasteiger partial charge in [-0.15, -0.1) is 0 Å². The third-order valence-corrected chi connectivity index (χ3v) is 2.56. The van der Waals surface area contributed by atoms with Gasteiger partial charge in [0, 0.05) is 13.2 Å². The maximum Gasteiger partial charge on any atom is 0.417 e. The molecule has 0 bridgehead atoms. The first-order chi connectivity index (χ1) is 8.11. The highest BCUT2D eigenvalue weighted by Crippen LogP contribution is 2.30. The van der Waals surface area contributed by atoms with Crippen LogP contribution in [0.4, 0.5) is 13.2 Å². The SMILES string of the molecule is CC(C)CCOCCNC(C)(C(=O)O)C(F)(F)F. The van der Waals surface area contributed by atoms with Crippen molar-refractivity contribution in [3.8, 4) is 0 Å². The topological polar surface area (TPSA) is 58.6 Å². The van der Waals surface area contributed by atoms with Gasteiger partial charge >= 0.3 is 12.1 Å². The van der Waals surface area contributed by atoms with E-state index in [-0.39, 0.29) is 13.2 Å². The standard InChI is InChI=1S/C11H20F3NO3/c1-8(2)4-6-18-7-5-15-10(3,9(16)17)11(12,13)14/h8,15H,4-7H2,1-3H3,(H,16,17). The minimum atomic E-state index is -4.85. The van der Waals surface area contributed by atoms with Gasteiger partial charge < -0.3 is 9.84 Å². The third kappa shape index (κ3) is 5.22. The van der Waals surface area contributed by atoms with Crippen molar-refractivity contribution in [2.75, 3.05) is 19.8 Å². The molecule has 0 aromatic rings. The minimum absolute atomic E-state index is 0.0473. The van der Waals surface area contributed by atoms with Crippen LogP contribution in [-0.2, 0) is 9.53 Å². The lowest BCUT2D eigenvalue weighted by Crippen LogP contribution is -2.60. The van der Waals surface area contributed by atoms with E-state index in [0.717, 1.165) is 6.42 Å². The Morgan fingerprint density at radius 1 is 1.33 bits per heavy atom. The van der Waals surface area contributed by atoms with Crippen LogP contribution in [0.3, 0.4) is 0 Å². The summed E-state index contributed by atoms with van der Waals surface area (Å²) in [7, 11) is 0. The first kappa shape index (κ1) is 17.2. The Bertz CT molecular complexity index is 269. The van der Waals surface area contributed by atoms with Crippen molar-refractivity contribution in [2.24, 2.45) is 5.92 Å². The zero-order valence-corrected chi connectivity index (χ0v) is 10.8. The molecule has 0 aliphatic heterocycles. The number of rotatable bonds is 8. The summed E-state index contributed by atoms with van der Waals surface area (Å²) in [5, 5.41) is 10.6. The first-order valence-corrected chi connectivity index (χ1v) is 5.74. The summed E-state index contributed by atoms with van der Waals surface area (Å²) < 4.78 is 42.8. The van der Waals surface area contributed by atoms with E-state index in [4.69, 9.17) is 9.84 Å². The van der Waals surface area contributed by atoms with Crippen molar-refractivity contribution in [1.82, 2.24) is 5.32 Å². The fourth-order valence-corrected chi connectivity index (χ4v) is 1.09. The number of carbonyl (C=O) groups is 1. The number of carboxylic acid groups (broad SMARTS) is 1. The van der Waals surface area contributed by atoms with E-state index in [1.807, 2.05) is 19.2 Å². The molecule has 0 radical (unpaired) electrons. The number of hydrogen-bond donors (Lipinski definition) is 2. The number of halogens is 3. The van der Waals surface area contributed by atoms with Gasteiger partial charge in [0.1, 0.15) is 0 Å². The molecular weight excluding hydrogens is 251 g/mol. The highest BCUT2D eigenvalue weighted by Gasteiger charge is 2.56. The summed E-state index contributed by atoms with van der Waals surface area (Å²) in [5.74, 6) is -1.49. The van der Waals surface area contributed by atoms with Crippen molar-refractivity contribution >= 4 is 5.97 Å². The van der Waals surface area contributed by atoms with Gasteiger partial charge in [-0.2, -0.15) is 13.2 Å². The maximum atomic E-state index is 12.6. The molecule has 0 amide bonds. The second-order valence-corrected chi connectivity index (χ2v) is 4.65. The summed E-state index contributed by atoms with van der Waals surface area (Å²) in [5.41, 5.74) is -2.94. The van der Waals surface area contributed by atoms with Crippen LogP contribution >= 0.6 is 0 Å². The Labute approximate surface area is 105 Å². The molecule has 0 aliphatic carbocycles. The van der Waals surface area contributed by atoms with Crippen molar-refractivity contribution in [3.05, 3.63) is 0 Å². The number of nitrogens with one attached hydrogen (secondary N) is 1. The number of ether oxygens (including phenoxy) is 1. The quantitative estimate of drug-likeness (QED) is 0.663. The average Bonchev–Trinajstić information content (AvgIpc) is 2.20. The summed E-state index contributed by atoms with van der Waals surface area (Å²) in [4.78, 5) is 10.7. The van der Waals surface area contributed by atoms with Crippen molar-refractivity contribution < 1.29 is 27.8 Å². The highest BCUT2D eigenvalue weighted by atomic mass is 19.4. The molecule has 0 aromatic carbocycles. The van der Waals surface area contributed by atoms with Crippen LogP contribution in [0.25, 0.3) is 0 Å². The zero-order valence-electron chi connectivity index (χ0n) is 10.8. The van der Waals surface area contributed by atoms with Gasteiger partial charge in [-0.3, -0.25) is 5.32 Å². The predicted molar refractivity (Wildman–Crippen MR) is 60.4 cm³/mol. The van der Waals surface area contributed by atoms with E-state index in [1.54, 1.807) is 0 Å². The molecule has 0 aromatic heterocycles. The molecular formula is C11H20F3NO3. The van der Waals surface area contributed by atoms with Gasteiger partial charge in [0.2, 0.25) is 5.54 Å². The zero-order chi connectivity index (χ0) is 14.4. The molecule has 0 spiro atoms. The highest BCUT2D eigenvalue weighted by molar-refractivity contribution is 5.79. The molecule has 18 heavy (non-hydrogen) atoms. The normalized spacial score (nSPS) is 15.7. The number of hydrogen-bond acceptors (Lipinski definition) is 3. The Balaban J connectivity index is 4.05. The lowest BCUT2D eigenvalue weighted by atomic mass is 10.0. The number of aliphatic carboxylic acids is 1. The monoisotopic (exact) mass is 271 g/mol. The molecule has 0 saturated carbocycles.